The first kappa shape index (κ1) is 9.12. The van der Waals surface area contributed by atoms with Crippen LogP contribution in [0, 0.1) is 0 Å². The van der Waals surface area contributed by atoms with Crippen LogP contribution in [0.5, 0.6) is 11.5 Å². The Morgan fingerprint density at radius 1 is 1.23 bits per heavy atom. The minimum Gasteiger partial charge on any atom is -0.508 e. The maximum Gasteiger partial charge on any atom is 0.241 e. The Morgan fingerprint density at radius 3 is 2.23 bits per heavy atom. The van der Waals surface area contributed by atoms with Crippen molar-refractivity contribution in [2.75, 3.05) is 0 Å². The molecule has 4 N–H and O–H groups in total. The van der Waals surface area contributed by atoms with Gasteiger partial charge >= 0.3 is 0 Å². The second-order valence-electron chi connectivity index (χ2n) is 2.52. The third-order valence-corrected chi connectivity index (χ3v) is 1.36. The van der Waals surface area contributed by atoms with Crippen molar-refractivity contribution in [3.63, 3.8) is 0 Å². The quantitative estimate of drug-likeness (QED) is 0.581. The topological polar surface area (TPSA) is 83.6 Å². The summed E-state index contributed by atoms with van der Waals surface area (Å²) in [7, 11) is 0. The van der Waals surface area contributed by atoms with Gasteiger partial charge in [-0.2, -0.15) is 0 Å². The van der Waals surface area contributed by atoms with E-state index in [-0.39, 0.29) is 11.5 Å². The summed E-state index contributed by atoms with van der Waals surface area (Å²) in [4.78, 5) is 10.4. The Morgan fingerprint density at radius 2 is 1.77 bits per heavy atom. The van der Waals surface area contributed by atoms with E-state index in [9.17, 15) is 4.79 Å². The van der Waals surface area contributed by atoms with E-state index in [2.05, 4.69) is 0 Å². The molecule has 0 heterocycles. The van der Waals surface area contributed by atoms with Crippen LogP contribution in [0.4, 0.5) is 0 Å². The number of benzene rings is 1. The van der Waals surface area contributed by atoms with Gasteiger partial charge in [-0.25, -0.2) is 0 Å². The van der Waals surface area contributed by atoms with E-state index in [1.54, 1.807) is 0 Å². The molecule has 0 aromatic heterocycles. The molecule has 0 aliphatic carbocycles. The summed E-state index contributed by atoms with van der Waals surface area (Å²) in [5, 5.41) is 18.1. The van der Waals surface area contributed by atoms with Crippen LogP contribution in [-0.2, 0) is 4.79 Å². The number of nitrogens with two attached hydrogens (primary N) is 1. The van der Waals surface area contributed by atoms with Crippen LogP contribution in [0.3, 0.4) is 0 Å². The van der Waals surface area contributed by atoms with Gasteiger partial charge in [-0.1, -0.05) is 0 Å². The van der Waals surface area contributed by atoms with Crippen molar-refractivity contribution >= 4 is 12.0 Å². The van der Waals surface area contributed by atoms with Crippen molar-refractivity contribution in [3.8, 4) is 11.5 Å². The van der Waals surface area contributed by atoms with E-state index in [1.807, 2.05) is 0 Å². The fourth-order valence-corrected chi connectivity index (χ4v) is 0.893. The average Bonchev–Trinajstić information content (AvgIpc) is 1.99. The van der Waals surface area contributed by atoms with E-state index in [0.717, 1.165) is 6.08 Å². The summed E-state index contributed by atoms with van der Waals surface area (Å²) in [5.41, 5.74) is 5.38. The first-order valence-corrected chi connectivity index (χ1v) is 3.58. The Balaban J connectivity index is 2.95. The SMILES string of the molecule is NC(=O)C=Cc1cc(O)cc(O)c1. The van der Waals surface area contributed by atoms with Crippen molar-refractivity contribution in [1.29, 1.82) is 0 Å². The Labute approximate surface area is 74.9 Å². The fraction of sp³-hybridized carbons (Fsp3) is 0. The summed E-state index contributed by atoms with van der Waals surface area (Å²) in [6.07, 6.45) is 2.55. The zero-order valence-corrected chi connectivity index (χ0v) is 6.77. The molecule has 4 heteroatoms. The number of carbonyl (C=O) groups excluding carboxylic acids is 1. The van der Waals surface area contributed by atoms with E-state index in [4.69, 9.17) is 15.9 Å². The van der Waals surface area contributed by atoms with E-state index in [0.29, 0.717) is 5.56 Å². The van der Waals surface area contributed by atoms with Crippen LogP contribution in [-0.4, -0.2) is 16.1 Å². The van der Waals surface area contributed by atoms with E-state index >= 15 is 0 Å². The molecule has 1 aromatic rings. The largest absolute Gasteiger partial charge is 0.508 e. The van der Waals surface area contributed by atoms with Crippen molar-refractivity contribution in [2.24, 2.45) is 5.73 Å². The molecule has 0 saturated carbocycles. The standard InChI is InChI=1S/C9H9NO3/c10-9(13)2-1-6-3-7(11)5-8(12)4-6/h1-5,11-12H,(H2,10,13). The molecule has 0 unspecified atom stereocenters. The maximum absolute atomic E-state index is 10.4. The fourth-order valence-electron chi connectivity index (χ4n) is 0.893. The second-order valence-corrected chi connectivity index (χ2v) is 2.52. The van der Waals surface area contributed by atoms with Gasteiger partial charge in [0.05, 0.1) is 0 Å². The Hall–Kier alpha value is -1.97. The smallest absolute Gasteiger partial charge is 0.241 e. The second kappa shape index (κ2) is 3.62. The summed E-state index contributed by atoms with van der Waals surface area (Å²) >= 11 is 0. The maximum atomic E-state index is 10.4. The molecule has 0 atom stereocenters. The zero-order valence-electron chi connectivity index (χ0n) is 6.77. The molecule has 0 radical (unpaired) electrons. The molecular formula is C9H9NO3. The van der Waals surface area contributed by atoms with Crippen LogP contribution < -0.4 is 5.73 Å². The molecule has 0 spiro atoms. The molecule has 0 saturated heterocycles. The van der Waals surface area contributed by atoms with Gasteiger partial charge in [0.2, 0.25) is 5.91 Å². The number of hydrogen-bond acceptors (Lipinski definition) is 3. The lowest BCUT2D eigenvalue weighted by Gasteiger charge is -1.97. The third kappa shape index (κ3) is 2.86. The summed E-state index contributed by atoms with van der Waals surface area (Å²) in [6.45, 7) is 0. The van der Waals surface area contributed by atoms with Gasteiger partial charge in [-0.15, -0.1) is 0 Å². The van der Waals surface area contributed by atoms with Gasteiger partial charge < -0.3 is 15.9 Å². The first-order valence-electron chi connectivity index (χ1n) is 3.58. The first-order chi connectivity index (χ1) is 6.08. The monoisotopic (exact) mass is 179 g/mol. The van der Waals surface area contributed by atoms with Gasteiger partial charge in [-0.3, -0.25) is 4.79 Å². The Bertz CT molecular complexity index is 338. The highest BCUT2D eigenvalue weighted by Crippen LogP contribution is 2.20. The molecule has 1 aromatic carbocycles. The van der Waals surface area contributed by atoms with E-state index in [1.165, 1.54) is 24.3 Å². The lowest BCUT2D eigenvalue weighted by Crippen LogP contribution is -2.04. The molecule has 0 aliphatic rings. The van der Waals surface area contributed by atoms with Crippen molar-refractivity contribution in [2.45, 2.75) is 0 Å². The van der Waals surface area contributed by atoms with Crippen LogP contribution in [0.15, 0.2) is 24.3 Å². The van der Waals surface area contributed by atoms with Crippen molar-refractivity contribution in [3.05, 3.63) is 29.8 Å². The van der Waals surface area contributed by atoms with Gasteiger partial charge in [0.25, 0.3) is 0 Å². The molecule has 0 bridgehead atoms. The highest BCUT2D eigenvalue weighted by atomic mass is 16.3. The normalized spacial score (nSPS) is 10.5. The summed E-state index contributed by atoms with van der Waals surface area (Å²) < 4.78 is 0. The minimum atomic E-state index is -0.581. The number of rotatable bonds is 2. The molecule has 1 rings (SSSR count). The number of phenolic OH excluding ortho intramolecular Hbond substituents is 2. The Kier molecular flexibility index (Phi) is 2.54. The lowest BCUT2D eigenvalue weighted by molar-refractivity contribution is -0.113. The highest BCUT2D eigenvalue weighted by Gasteiger charge is 1.95. The number of carbonyl (C=O) groups is 1. The lowest BCUT2D eigenvalue weighted by atomic mass is 10.2. The number of aromatic hydroxyl groups is 2. The molecule has 0 fully saturated rings. The summed E-state index contributed by atoms with van der Waals surface area (Å²) in [5.74, 6) is -0.712. The van der Waals surface area contributed by atoms with Crippen molar-refractivity contribution < 1.29 is 15.0 Å². The average molecular weight is 179 g/mol. The predicted molar refractivity (Wildman–Crippen MR) is 48.0 cm³/mol. The number of hydrogen-bond donors (Lipinski definition) is 3. The van der Waals surface area contributed by atoms with Crippen LogP contribution >= 0.6 is 0 Å². The molecule has 4 nitrogen and oxygen atoms in total. The van der Waals surface area contributed by atoms with Gasteiger partial charge in [0.1, 0.15) is 11.5 Å². The minimum absolute atomic E-state index is 0.0656. The zero-order chi connectivity index (χ0) is 9.84. The molecule has 1 amide bonds. The van der Waals surface area contributed by atoms with E-state index < -0.39 is 5.91 Å². The number of phenols is 2. The predicted octanol–water partition coefficient (Wildman–Crippen LogP) is 0.596. The molecule has 0 aliphatic heterocycles. The van der Waals surface area contributed by atoms with Crippen molar-refractivity contribution in [1.82, 2.24) is 0 Å². The summed E-state index contributed by atoms with van der Waals surface area (Å²) in [6, 6.07) is 4.00. The third-order valence-electron chi connectivity index (χ3n) is 1.36. The van der Waals surface area contributed by atoms with Crippen LogP contribution in [0.25, 0.3) is 6.08 Å². The number of amides is 1. The van der Waals surface area contributed by atoms with Crippen LogP contribution in [0.1, 0.15) is 5.56 Å². The number of primary amides is 1. The highest BCUT2D eigenvalue weighted by molar-refractivity contribution is 5.90. The van der Waals surface area contributed by atoms with Crippen LogP contribution in [0.2, 0.25) is 0 Å². The van der Waals surface area contributed by atoms with Gasteiger partial charge in [-0.05, 0) is 23.8 Å². The van der Waals surface area contributed by atoms with Gasteiger partial charge in [0, 0.05) is 12.1 Å². The van der Waals surface area contributed by atoms with Gasteiger partial charge in [0.15, 0.2) is 0 Å². The molecular weight excluding hydrogens is 170 g/mol. The molecule has 13 heavy (non-hydrogen) atoms. The molecule has 68 valence electrons.